The van der Waals surface area contributed by atoms with Gasteiger partial charge in [-0.1, -0.05) is 28.1 Å². The van der Waals surface area contributed by atoms with Crippen LogP contribution < -0.4 is 5.73 Å². The van der Waals surface area contributed by atoms with Crippen LogP contribution in [0.25, 0.3) is 0 Å². The Kier molecular flexibility index (Phi) is 4.73. The predicted octanol–water partition coefficient (Wildman–Crippen LogP) is 2.89. The summed E-state index contributed by atoms with van der Waals surface area (Å²) in [5, 5.41) is 0. The molecule has 1 nitrogen and oxygen atoms in total. The van der Waals surface area contributed by atoms with Crippen LogP contribution in [-0.4, -0.2) is 0 Å². The molecule has 0 radical (unpaired) electrons. The van der Waals surface area contributed by atoms with E-state index in [1.54, 1.807) is 0 Å². The molecule has 0 saturated heterocycles. The summed E-state index contributed by atoms with van der Waals surface area (Å²) in [6.07, 6.45) is 0. The van der Waals surface area contributed by atoms with Gasteiger partial charge < -0.3 is 5.73 Å². The Morgan fingerprint density at radius 2 is 1.73 bits per heavy atom. The number of rotatable bonds is 1. The van der Waals surface area contributed by atoms with Crippen molar-refractivity contribution in [3.05, 3.63) is 34.3 Å². The first-order valence-corrected chi connectivity index (χ1v) is 4.00. The fourth-order valence-corrected chi connectivity index (χ4v) is 1.03. The quantitative estimate of drug-likeness (QED) is 0.797. The smallest absolute Gasteiger partial charge is 0.0266 e. The summed E-state index contributed by atoms with van der Waals surface area (Å²) in [4.78, 5) is 0. The van der Waals surface area contributed by atoms with Crippen molar-refractivity contribution in [2.24, 2.45) is 5.73 Å². The summed E-state index contributed by atoms with van der Waals surface area (Å²) in [5.41, 5.74) is 6.82. The van der Waals surface area contributed by atoms with Gasteiger partial charge >= 0.3 is 0 Å². The van der Waals surface area contributed by atoms with E-state index in [2.05, 4.69) is 15.9 Å². The van der Waals surface area contributed by atoms with E-state index in [0.717, 1.165) is 4.47 Å². The van der Waals surface area contributed by atoms with E-state index in [1.807, 2.05) is 31.2 Å². The molecular formula is C8H11BrClN. The van der Waals surface area contributed by atoms with E-state index in [1.165, 1.54) is 5.56 Å². The van der Waals surface area contributed by atoms with Crippen LogP contribution in [0.3, 0.4) is 0 Å². The van der Waals surface area contributed by atoms with Gasteiger partial charge in [0.2, 0.25) is 0 Å². The first-order valence-electron chi connectivity index (χ1n) is 3.21. The summed E-state index contributed by atoms with van der Waals surface area (Å²) in [5.74, 6) is 0. The molecule has 0 aliphatic rings. The molecule has 0 aromatic heterocycles. The average Bonchev–Trinajstić information content (AvgIpc) is 1.88. The molecule has 1 unspecified atom stereocenters. The van der Waals surface area contributed by atoms with Crippen molar-refractivity contribution in [3.8, 4) is 0 Å². The number of nitrogens with two attached hydrogens (primary N) is 1. The van der Waals surface area contributed by atoms with Gasteiger partial charge in [-0.15, -0.1) is 12.4 Å². The maximum Gasteiger partial charge on any atom is 0.0266 e. The zero-order valence-corrected chi connectivity index (χ0v) is 8.65. The highest BCUT2D eigenvalue weighted by atomic mass is 79.9. The third-order valence-corrected chi connectivity index (χ3v) is 1.92. The van der Waals surface area contributed by atoms with Gasteiger partial charge in [0.1, 0.15) is 0 Å². The van der Waals surface area contributed by atoms with Crippen molar-refractivity contribution in [2.45, 2.75) is 13.0 Å². The van der Waals surface area contributed by atoms with Crippen molar-refractivity contribution in [1.82, 2.24) is 0 Å². The van der Waals surface area contributed by atoms with Gasteiger partial charge in [0.15, 0.2) is 0 Å². The second kappa shape index (κ2) is 4.75. The SMILES string of the molecule is CC(N)c1ccc(Br)cc1.Cl. The van der Waals surface area contributed by atoms with Crippen LogP contribution in [0.4, 0.5) is 0 Å². The summed E-state index contributed by atoms with van der Waals surface area (Å²) < 4.78 is 1.09. The van der Waals surface area contributed by atoms with Crippen molar-refractivity contribution >= 4 is 28.3 Å². The predicted molar refractivity (Wildman–Crippen MR) is 54.0 cm³/mol. The molecule has 0 bridgehead atoms. The van der Waals surface area contributed by atoms with Crippen LogP contribution in [0.2, 0.25) is 0 Å². The first-order chi connectivity index (χ1) is 4.70. The molecule has 0 spiro atoms. The number of halogens is 2. The van der Waals surface area contributed by atoms with Gasteiger partial charge in [0.05, 0.1) is 0 Å². The van der Waals surface area contributed by atoms with Crippen LogP contribution in [0, 0.1) is 0 Å². The molecule has 2 N–H and O–H groups in total. The van der Waals surface area contributed by atoms with Crippen molar-refractivity contribution in [2.75, 3.05) is 0 Å². The second-order valence-corrected chi connectivity index (χ2v) is 3.26. The molecule has 3 heteroatoms. The monoisotopic (exact) mass is 235 g/mol. The molecule has 1 rings (SSSR count). The lowest BCUT2D eigenvalue weighted by atomic mass is 10.1. The minimum Gasteiger partial charge on any atom is -0.324 e. The van der Waals surface area contributed by atoms with Gasteiger partial charge in [-0.2, -0.15) is 0 Å². The Bertz CT molecular complexity index is 208. The largest absolute Gasteiger partial charge is 0.324 e. The van der Waals surface area contributed by atoms with Crippen LogP contribution >= 0.6 is 28.3 Å². The standard InChI is InChI=1S/C8H10BrN.ClH/c1-6(10)7-2-4-8(9)5-3-7;/h2-6H,10H2,1H3;1H. The van der Waals surface area contributed by atoms with Crippen molar-refractivity contribution < 1.29 is 0 Å². The fraction of sp³-hybridized carbons (Fsp3) is 0.250. The topological polar surface area (TPSA) is 26.0 Å². The maximum absolute atomic E-state index is 5.65. The Morgan fingerprint density at radius 3 is 2.09 bits per heavy atom. The molecule has 62 valence electrons. The van der Waals surface area contributed by atoms with Gasteiger partial charge in [-0.05, 0) is 24.6 Å². The normalized spacial score (nSPS) is 11.9. The molecule has 1 aromatic carbocycles. The molecule has 1 atom stereocenters. The van der Waals surface area contributed by atoms with Crippen molar-refractivity contribution in [3.63, 3.8) is 0 Å². The molecule has 0 saturated carbocycles. The lowest BCUT2D eigenvalue weighted by Crippen LogP contribution is -2.03. The van der Waals surface area contributed by atoms with Crippen LogP contribution in [0.1, 0.15) is 18.5 Å². The number of hydrogen-bond acceptors (Lipinski definition) is 1. The summed E-state index contributed by atoms with van der Waals surface area (Å²) in [6, 6.07) is 8.18. The molecule has 0 amide bonds. The van der Waals surface area contributed by atoms with E-state index in [4.69, 9.17) is 5.73 Å². The number of hydrogen-bond donors (Lipinski definition) is 1. The number of benzene rings is 1. The molecule has 11 heavy (non-hydrogen) atoms. The van der Waals surface area contributed by atoms with Crippen LogP contribution in [0.5, 0.6) is 0 Å². The lowest BCUT2D eigenvalue weighted by molar-refractivity contribution is 0.818. The van der Waals surface area contributed by atoms with E-state index in [-0.39, 0.29) is 18.4 Å². The third kappa shape index (κ3) is 3.23. The molecule has 0 heterocycles. The first kappa shape index (κ1) is 11.0. The molecule has 0 fully saturated rings. The fourth-order valence-electron chi connectivity index (χ4n) is 0.766. The molecular weight excluding hydrogens is 225 g/mol. The van der Waals surface area contributed by atoms with Gasteiger partial charge in [-0.3, -0.25) is 0 Å². The highest BCUT2D eigenvalue weighted by molar-refractivity contribution is 9.10. The molecule has 1 aromatic rings. The van der Waals surface area contributed by atoms with E-state index < -0.39 is 0 Å². The summed E-state index contributed by atoms with van der Waals surface area (Å²) in [7, 11) is 0. The van der Waals surface area contributed by atoms with E-state index in [0.29, 0.717) is 0 Å². The van der Waals surface area contributed by atoms with Gasteiger partial charge in [0.25, 0.3) is 0 Å². The second-order valence-electron chi connectivity index (χ2n) is 2.34. The summed E-state index contributed by atoms with van der Waals surface area (Å²) in [6.45, 7) is 1.98. The molecule has 0 aliphatic heterocycles. The lowest BCUT2D eigenvalue weighted by Gasteiger charge is -2.03. The van der Waals surface area contributed by atoms with Crippen LogP contribution in [0.15, 0.2) is 28.7 Å². The minimum absolute atomic E-state index is 0. The Morgan fingerprint density at radius 1 is 1.27 bits per heavy atom. The van der Waals surface area contributed by atoms with Gasteiger partial charge in [-0.25, -0.2) is 0 Å². The average molecular weight is 237 g/mol. The zero-order chi connectivity index (χ0) is 7.56. The highest BCUT2D eigenvalue weighted by Crippen LogP contribution is 2.14. The van der Waals surface area contributed by atoms with Crippen molar-refractivity contribution in [1.29, 1.82) is 0 Å². The Labute approximate surface area is 81.5 Å². The summed E-state index contributed by atoms with van der Waals surface area (Å²) >= 11 is 3.35. The molecule has 0 aliphatic carbocycles. The third-order valence-electron chi connectivity index (χ3n) is 1.40. The van der Waals surface area contributed by atoms with Crippen LogP contribution in [-0.2, 0) is 0 Å². The Balaban J connectivity index is 0.000001000. The highest BCUT2D eigenvalue weighted by Gasteiger charge is 1.96. The Hall–Kier alpha value is -0.0500. The van der Waals surface area contributed by atoms with E-state index >= 15 is 0 Å². The van der Waals surface area contributed by atoms with Gasteiger partial charge in [0, 0.05) is 10.5 Å². The minimum atomic E-state index is 0. The van der Waals surface area contributed by atoms with E-state index in [9.17, 15) is 0 Å². The maximum atomic E-state index is 5.65. The zero-order valence-electron chi connectivity index (χ0n) is 6.25.